The monoisotopic (exact) mass is 303 g/mol. The summed E-state index contributed by atoms with van der Waals surface area (Å²) < 4.78 is 0. The average molecular weight is 303 g/mol. The molecule has 1 atom stereocenters. The molecule has 120 valence electrons. The minimum absolute atomic E-state index is 0.0737. The minimum Gasteiger partial charge on any atom is -0.372 e. The second kappa shape index (κ2) is 7.29. The van der Waals surface area contributed by atoms with Crippen molar-refractivity contribution in [1.29, 1.82) is 0 Å². The molecule has 5 heteroatoms. The van der Waals surface area contributed by atoms with Crippen molar-refractivity contribution in [3.63, 3.8) is 0 Å². The number of rotatable bonds is 5. The van der Waals surface area contributed by atoms with Crippen molar-refractivity contribution in [3.05, 3.63) is 29.8 Å². The third kappa shape index (κ3) is 4.23. The molecule has 0 saturated carbocycles. The van der Waals surface area contributed by atoms with Gasteiger partial charge in [-0.2, -0.15) is 0 Å². The number of likely N-dealkylation sites (N-methyl/N-ethyl adjacent to an activating group) is 1. The second-order valence-electron chi connectivity index (χ2n) is 5.95. The van der Waals surface area contributed by atoms with E-state index in [2.05, 4.69) is 22.3 Å². The number of benzene rings is 1. The van der Waals surface area contributed by atoms with Gasteiger partial charge < -0.3 is 15.1 Å². The van der Waals surface area contributed by atoms with Crippen LogP contribution in [-0.2, 0) is 9.59 Å². The van der Waals surface area contributed by atoms with Crippen LogP contribution in [0.4, 0.5) is 5.69 Å². The molecule has 0 unspecified atom stereocenters. The molecule has 0 radical (unpaired) electrons. The van der Waals surface area contributed by atoms with Crippen LogP contribution in [0, 0.1) is 0 Å². The Labute approximate surface area is 132 Å². The van der Waals surface area contributed by atoms with Crippen LogP contribution in [0.25, 0.3) is 0 Å². The number of carbonyl (C=O) groups excluding carboxylic acids is 2. The summed E-state index contributed by atoms with van der Waals surface area (Å²) >= 11 is 0. The quantitative estimate of drug-likeness (QED) is 0.904. The highest BCUT2D eigenvalue weighted by molar-refractivity contribution is 5.83. The topological polar surface area (TPSA) is 52.7 Å². The third-order valence-electron chi connectivity index (χ3n) is 4.14. The second-order valence-corrected chi connectivity index (χ2v) is 5.95. The van der Waals surface area contributed by atoms with Crippen LogP contribution in [0.5, 0.6) is 0 Å². The zero-order valence-corrected chi connectivity index (χ0v) is 13.6. The van der Waals surface area contributed by atoms with Crippen LogP contribution in [-0.4, -0.2) is 43.4 Å². The molecule has 0 aromatic heterocycles. The Hall–Kier alpha value is -2.04. The maximum Gasteiger partial charge on any atom is 0.240 e. The van der Waals surface area contributed by atoms with Crippen molar-refractivity contribution in [2.24, 2.45) is 0 Å². The lowest BCUT2D eigenvalue weighted by molar-refractivity contribution is -0.133. The van der Waals surface area contributed by atoms with Crippen molar-refractivity contribution in [2.45, 2.75) is 32.7 Å². The normalized spacial score (nSPS) is 15.5. The van der Waals surface area contributed by atoms with E-state index in [1.807, 2.05) is 19.1 Å². The van der Waals surface area contributed by atoms with E-state index in [-0.39, 0.29) is 24.4 Å². The van der Waals surface area contributed by atoms with E-state index in [9.17, 15) is 9.59 Å². The van der Waals surface area contributed by atoms with E-state index in [1.165, 1.54) is 30.4 Å². The molecule has 1 saturated heterocycles. The molecule has 5 nitrogen and oxygen atoms in total. The molecule has 1 aliphatic rings. The van der Waals surface area contributed by atoms with Crippen molar-refractivity contribution in [1.82, 2.24) is 10.2 Å². The Balaban J connectivity index is 1.97. The lowest BCUT2D eigenvalue weighted by atomic mass is 10.1. The summed E-state index contributed by atoms with van der Waals surface area (Å²) in [5, 5.41) is 2.95. The smallest absolute Gasteiger partial charge is 0.240 e. The van der Waals surface area contributed by atoms with Gasteiger partial charge in [0.1, 0.15) is 0 Å². The van der Waals surface area contributed by atoms with Gasteiger partial charge in [0.15, 0.2) is 0 Å². The molecule has 1 N–H and O–H groups in total. The molecule has 1 aromatic carbocycles. The van der Waals surface area contributed by atoms with E-state index in [0.717, 1.165) is 18.7 Å². The summed E-state index contributed by atoms with van der Waals surface area (Å²) in [6.07, 6.45) is 2.49. The highest BCUT2D eigenvalue weighted by atomic mass is 16.2. The highest BCUT2D eigenvalue weighted by Gasteiger charge is 2.16. The van der Waals surface area contributed by atoms with Gasteiger partial charge in [-0.15, -0.1) is 0 Å². The first kappa shape index (κ1) is 16.3. The summed E-state index contributed by atoms with van der Waals surface area (Å²) in [5.41, 5.74) is 2.31. The Morgan fingerprint density at radius 1 is 1.32 bits per heavy atom. The van der Waals surface area contributed by atoms with Gasteiger partial charge in [-0.3, -0.25) is 9.59 Å². The number of nitrogens with one attached hydrogen (secondary N) is 1. The Morgan fingerprint density at radius 3 is 2.64 bits per heavy atom. The minimum atomic E-state index is -0.142. The number of carbonyl (C=O) groups is 2. The molecule has 0 bridgehead atoms. The van der Waals surface area contributed by atoms with Crippen LogP contribution >= 0.6 is 0 Å². The number of anilines is 1. The summed E-state index contributed by atoms with van der Waals surface area (Å²) in [4.78, 5) is 26.9. The zero-order chi connectivity index (χ0) is 16.1. The Morgan fingerprint density at radius 2 is 2.00 bits per heavy atom. The summed E-state index contributed by atoms with van der Waals surface area (Å²) in [6.45, 7) is 5.72. The number of nitrogens with zero attached hydrogens (tertiary/aromatic N) is 2. The van der Waals surface area contributed by atoms with E-state index in [0.29, 0.717) is 0 Å². The number of hydrogen-bond donors (Lipinski definition) is 1. The van der Waals surface area contributed by atoms with Crippen molar-refractivity contribution in [3.8, 4) is 0 Å². The van der Waals surface area contributed by atoms with Gasteiger partial charge in [-0.1, -0.05) is 12.1 Å². The Kier molecular flexibility index (Phi) is 5.41. The van der Waals surface area contributed by atoms with E-state index >= 15 is 0 Å². The van der Waals surface area contributed by atoms with Gasteiger partial charge in [0.2, 0.25) is 11.8 Å². The summed E-state index contributed by atoms with van der Waals surface area (Å²) in [5.74, 6) is -0.254. The van der Waals surface area contributed by atoms with Crippen LogP contribution in [0.15, 0.2) is 24.3 Å². The molecule has 1 aliphatic heterocycles. The third-order valence-corrected chi connectivity index (χ3v) is 4.14. The molecular formula is C17H25N3O2. The molecule has 1 heterocycles. The van der Waals surface area contributed by atoms with Crippen LogP contribution in [0.2, 0.25) is 0 Å². The molecule has 0 aliphatic carbocycles. The molecule has 2 rings (SSSR count). The first-order chi connectivity index (χ1) is 10.5. The van der Waals surface area contributed by atoms with E-state index < -0.39 is 0 Å². The Bertz CT molecular complexity index is 538. The van der Waals surface area contributed by atoms with Crippen LogP contribution < -0.4 is 10.2 Å². The lowest BCUT2D eigenvalue weighted by Crippen LogP contribution is -2.38. The fourth-order valence-electron chi connectivity index (χ4n) is 2.66. The SMILES string of the molecule is CC(=O)N(C)CC(=O)N[C@H](C)c1cccc(N2CCCC2)c1. The number of amides is 2. The lowest BCUT2D eigenvalue weighted by Gasteiger charge is -2.21. The molecular weight excluding hydrogens is 278 g/mol. The molecule has 0 spiro atoms. The van der Waals surface area contributed by atoms with Gasteiger partial charge in [-0.25, -0.2) is 0 Å². The van der Waals surface area contributed by atoms with Gasteiger partial charge in [-0.05, 0) is 37.5 Å². The van der Waals surface area contributed by atoms with Crippen molar-refractivity contribution < 1.29 is 9.59 Å². The maximum absolute atomic E-state index is 12.0. The van der Waals surface area contributed by atoms with Gasteiger partial charge in [0.05, 0.1) is 12.6 Å². The van der Waals surface area contributed by atoms with Crippen LogP contribution in [0.1, 0.15) is 38.3 Å². The fourth-order valence-corrected chi connectivity index (χ4v) is 2.66. The predicted octanol–water partition coefficient (Wildman–Crippen LogP) is 1.94. The highest BCUT2D eigenvalue weighted by Crippen LogP contribution is 2.23. The van der Waals surface area contributed by atoms with Crippen molar-refractivity contribution >= 4 is 17.5 Å². The summed E-state index contributed by atoms with van der Waals surface area (Å²) in [6, 6.07) is 8.25. The first-order valence-corrected chi connectivity index (χ1v) is 7.83. The van der Waals surface area contributed by atoms with Gasteiger partial charge in [0, 0.05) is 32.7 Å². The van der Waals surface area contributed by atoms with Crippen molar-refractivity contribution in [2.75, 3.05) is 31.6 Å². The number of hydrogen-bond acceptors (Lipinski definition) is 3. The fraction of sp³-hybridized carbons (Fsp3) is 0.529. The molecule has 22 heavy (non-hydrogen) atoms. The van der Waals surface area contributed by atoms with Crippen LogP contribution in [0.3, 0.4) is 0 Å². The largest absolute Gasteiger partial charge is 0.372 e. The predicted molar refractivity (Wildman–Crippen MR) is 87.8 cm³/mol. The molecule has 1 fully saturated rings. The first-order valence-electron chi connectivity index (χ1n) is 7.83. The zero-order valence-electron chi connectivity index (χ0n) is 13.6. The summed E-state index contributed by atoms with van der Waals surface area (Å²) in [7, 11) is 1.63. The average Bonchev–Trinajstić information content (AvgIpc) is 3.01. The van der Waals surface area contributed by atoms with E-state index in [4.69, 9.17) is 0 Å². The molecule has 2 amide bonds. The standard InChI is InChI=1S/C17H25N3O2/c1-13(18-17(22)12-19(3)14(2)21)15-7-6-8-16(11-15)20-9-4-5-10-20/h6-8,11,13H,4-5,9-10,12H2,1-3H3,(H,18,22)/t13-/m1/s1. The maximum atomic E-state index is 12.0. The van der Waals surface area contributed by atoms with Gasteiger partial charge >= 0.3 is 0 Å². The van der Waals surface area contributed by atoms with Gasteiger partial charge in [0.25, 0.3) is 0 Å². The molecule has 1 aromatic rings. The van der Waals surface area contributed by atoms with E-state index in [1.54, 1.807) is 7.05 Å².